The van der Waals surface area contributed by atoms with Gasteiger partial charge >= 0.3 is 0 Å². The highest BCUT2D eigenvalue weighted by Gasteiger charge is 2.24. The van der Waals surface area contributed by atoms with Gasteiger partial charge in [-0.3, -0.25) is 4.90 Å². The zero-order valence-corrected chi connectivity index (χ0v) is 19.9. The summed E-state index contributed by atoms with van der Waals surface area (Å²) in [6.45, 7) is 9.00. The predicted octanol–water partition coefficient (Wildman–Crippen LogP) is 3.25. The Morgan fingerprint density at radius 3 is 2.89 bits per heavy atom. The van der Waals surface area contributed by atoms with E-state index in [0.29, 0.717) is 6.54 Å². The molecule has 3 heterocycles. The molecule has 2 aromatic rings. The molecule has 8 heteroatoms. The molecule has 0 aliphatic carbocycles. The van der Waals surface area contributed by atoms with E-state index in [-0.39, 0.29) is 24.0 Å². The normalized spacial score (nSPS) is 16.9. The number of hydrogen-bond acceptors (Lipinski definition) is 5. The summed E-state index contributed by atoms with van der Waals surface area (Å²) in [6.07, 6.45) is 1.16. The zero-order valence-electron chi connectivity index (χ0n) is 15.9. The van der Waals surface area contributed by atoms with Gasteiger partial charge in [0.25, 0.3) is 0 Å². The fourth-order valence-electron chi connectivity index (χ4n) is 3.07. The Hall–Kier alpha value is -0.680. The van der Waals surface area contributed by atoms with Gasteiger partial charge < -0.3 is 15.7 Å². The van der Waals surface area contributed by atoms with Crippen molar-refractivity contribution in [2.45, 2.75) is 32.4 Å². The minimum Gasteiger partial charge on any atom is -0.383 e. The molecule has 1 aliphatic rings. The lowest BCUT2D eigenvalue weighted by molar-refractivity contribution is 0.0711. The van der Waals surface area contributed by atoms with Gasteiger partial charge in [0, 0.05) is 42.5 Å². The van der Waals surface area contributed by atoms with E-state index in [0.717, 1.165) is 50.0 Å². The molecule has 0 fully saturated rings. The van der Waals surface area contributed by atoms with Crippen LogP contribution in [0.15, 0.2) is 34.0 Å². The maximum Gasteiger partial charge on any atom is 0.191 e. The number of nitrogens with zero attached hydrogens (tertiary/aromatic N) is 2. The number of fused-ring (bicyclic) bond motifs is 1. The largest absolute Gasteiger partial charge is 0.383 e. The zero-order chi connectivity index (χ0) is 18.4. The quantitative estimate of drug-likeness (QED) is 0.298. The van der Waals surface area contributed by atoms with Crippen molar-refractivity contribution in [1.29, 1.82) is 0 Å². The molecule has 0 saturated heterocycles. The van der Waals surface area contributed by atoms with E-state index in [1.807, 2.05) is 35.8 Å². The van der Waals surface area contributed by atoms with Crippen LogP contribution in [0.4, 0.5) is 0 Å². The van der Waals surface area contributed by atoms with Gasteiger partial charge in [-0.05, 0) is 48.7 Å². The van der Waals surface area contributed by atoms with E-state index < -0.39 is 5.60 Å². The van der Waals surface area contributed by atoms with Gasteiger partial charge in [-0.25, -0.2) is 4.99 Å². The predicted molar refractivity (Wildman–Crippen MR) is 127 cm³/mol. The molecule has 150 valence electrons. The van der Waals surface area contributed by atoms with Crippen LogP contribution in [0.3, 0.4) is 0 Å². The Morgan fingerprint density at radius 1 is 1.30 bits per heavy atom. The highest BCUT2D eigenvalue weighted by molar-refractivity contribution is 14.0. The van der Waals surface area contributed by atoms with Crippen LogP contribution in [0.2, 0.25) is 0 Å². The molecule has 0 amide bonds. The molecule has 2 aromatic heterocycles. The van der Waals surface area contributed by atoms with Crippen LogP contribution in [0, 0.1) is 0 Å². The van der Waals surface area contributed by atoms with Gasteiger partial charge in [0.2, 0.25) is 0 Å². The van der Waals surface area contributed by atoms with Crippen molar-refractivity contribution in [2.75, 3.05) is 32.7 Å². The third-order valence-corrected chi connectivity index (χ3v) is 6.69. The molecular formula is C19H29IN4OS2. The minimum atomic E-state index is -0.932. The average Bonchev–Trinajstić information content (AvgIpc) is 3.31. The third kappa shape index (κ3) is 6.42. The van der Waals surface area contributed by atoms with Crippen molar-refractivity contribution in [3.8, 4) is 0 Å². The number of rotatable bonds is 7. The van der Waals surface area contributed by atoms with Crippen LogP contribution in [-0.2, 0) is 18.6 Å². The van der Waals surface area contributed by atoms with Crippen LogP contribution in [0.5, 0.6) is 0 Å². The van der Waals surface area contributed by atoms with Gasteiger partial charge in [-0.2, -0.15) is 0 Å². The summed E-state index contributed by atoms with van der Waals surface area (Å²) in [4.78, 5) is 9.55. The monoisotopic (exact) mass is 520 g/mol. The minimum absolute atomic E-state index is 0. The molecule has 3 rings (SSSR count). The summed E-state index contributed by atoms with van der Waals surface area (Å²) in [5.41, 5.74) is 0.549. The molecule has 27 heavy (non-hydrogen) atoms. The number of guanidine groups is 1. The van der Waals surface area contributed by atoms with Gasteiger partial charge in [-0.15, -0.1) is 46.7 Å². The number of aliphatic hydroxyl groups is 1. The van der Waals surface area contributed by atoms with Gasteiger partial charge in [-0.1, -0.05) is 6.07 Å². The molecule has 0 saturated carbocycles. The van der Waals surface area contributed by atoms with Crippen molar-refractivity contribution in [3.05, 3.63) is 44.3 Å². The number of hydrogen-bond donors (Lipinski definition) is 3. The summed E-state index contributed by atoms with van der Waals surface area (Å²) in [7, 11) is 0. The van der Waals surface area contributed by atoms with E-state index in [4.69, 9.17) is 0 Å². The summed E-state index contributed by atoms with van der Waals surface area (Å²) in [5.74, 6) is 0.762. The maximum absolute atomic E-state index is 10.6. The SMILES string of the molecule is CCNC(=NCC(C)(O)c1cccs1)NCCN1CCc2sccc2C1.I. The van der Waals surface area contributed by atoms with Gasteiger partial charge in [0.1, 0.15) is 5.60 Å². The third-order valence-electron chi connectivity index (χ3n) is 4.55. The Labute approximate surface area is 186 Å². The molecule has 5 nitrogen and oxygen atoms in total. The highest BCUT2D eigenvalue weighted by atomic mass is 127. The lowest BCUT2D eigenvalue weighted by atomic mass is 10.1. The molecule has 3 N–H and O–H groups in total. The Morgan fingerprint density at radius 2 is 2.15 bits per heavy atom. The number of halogens is 1. The first-order valence-corrected chi connectivity index (χ1v) is 10.9. The van der Waals surface area contributed by atoms with Crippen LogP contribution in [0.25, 0.3) is 0 Å². The summed E-state index contributed by atoms with van der Waals surface area (Å²) >= 11 is 3.44. The molecule has 1 atom stereocenters. The van der Waals surface area contributed by atoms with Crippen LogP contribution in [0.1, 0.15) is 29.2 Å². The van der Waals surface area contributed by atoms with Crippen LogP contribution < -0.4 is 10.6 Å². The van der Waals surface area contributed by atoms with Crippen molar-refractivity contribution < 1.29 is 5.11 Å². The van der Waals surface area contributed by atoms with Gasteiger partial charge in [0.05, 0.1) is 6.54 Å². The lowest BCUT2D eigenvalue weighted by Gasteiger charge is -2.27. The highest BCUT2D eigenvalue weighted by Crippen LogP contribution is 2.25. The second kappa shape index (κ2) is 10.8. The summed E-state index contributed by atoms with van der Waals surface area (Å²) < 4.78 is 0. The van der Waals surface area contributed by atoms with E-state index in [1.54, 1.807) is 16.2 Å². The van der Waals surface area contributed by atoms with E-state index in [2.05, 4.69) is 38.9 Å². The fourth-order valence-corrected chi connectivity index (χ4v) is 4.74. The van der Waals surface area contributed by atoms with Crippen molar-refractivity contribution in [2.24, 2.45) is 4.99 Å². The topological polar surface area (TPSA) is 59.9 Å². The lowest BCUT2D eigenvalue weighted by Crippen LogP contribution is -2.43. The Kier molecular flexibility index (Phi) is 9.00. The molecule has 0 radical (unpaired) electrons. The average molecular weight is 521 g/mol. The van der Waals surface area contributed by atoms with Crippen molar-refractivity contribution in [1.82, 2.24) is 15.5 Å². The smallest absolute Gasteiger partial charge is 0.191 e. The van der Waals surface area contributed by atoms with E-state index in [1.165, 1.54) is 5.56 Å². The number of nitrogens with one attached hydrogen (secondary N) is 2. The molecule has 0 spiro atoms. The molecule has 0 aromatic carbocycles. The Bertz CT molecular complexity index is 715. The van der Waals surface area contributed by atoms with Crippen molar-refractivity contribution in [3.63, 3.8) is 0 Å². The van der Waals surface area contributed by atoms with Gasteiger partial charge in [0.15, 0.2) is 5.96 Å². The molecule has 1 unspecified atom stereocenters. The van der Waals surface area contributed by atoms with Crippen molar-refractivity contribution >= 4 is 52.6 Å². The first kappa shape index (κ1) is 22.6. The second-order valence-corrected chi connectivity index (χ2v) is 8.72. The summed E-state index contributed by atoms with van der Waals surface area (Å²) in [5, 5.41) is 21.5. The first-order chi connectivity index (χ1) is 12.6. The standard InChI is InChI=1S/C19H28N4OS2.HI/c1-3-20-18(22-14-19(2,24)17-5-4-11-26-17)21-8-10-23-9-6-16-15(13-23)7-12-25-16;/h4-5,7,11-12,24H,3,6,8-10,13-14H2,1-2H3,(H2,20,21,22);1H. The maximum atomic E-state index is 10.6. The number of thiophene rings is 2. The van der Waals surface area contributed by atoms with E-state index >= 15 is 0 Å². The molecule has 0 bridgehead atoms. The Balaban J connectivity index is 0.00000261. The van der Waals surface area contributed by atoms with E-state index in [9.17, 15) is 5.11 Å². The molecular weight excluding hydrogens is 491 g/mol. The van der Waals surface area contributed by atoms with Crippen LogP contribution >= 0.6 is 46.7 Å². The number of aliphatic imine (C=N–C) groups is 1. The first-order valence-electron chi connectivity index (χ1n) is 9.14. The fraction of sp³-hybridized carbons (Fsp3) is 0.526. The second-order valence-electron chi connectivity index (χ2n) is 6.77. The van der Waals surface area contributed by atoms with Crippen LogP contribution in [-0.4, -0.2) is 48.7 Å². The summed E-state index contributed by atoms with van der Waals surface area (Å²) in [6, 6.07) is 6.16. The molecule has 1 aliphatic heterocycles.